The van der Waals surface area contributed by atoms with E-state index in [1.807, 2.05) is 17.3 Å². The first-order valence-electron chi connectivity index (χ1n) is 23.6. The molecule has 3 amide bonds. The van der Waals surface area contributed by atoms with Gasteiger partial charge in [0, 0.05) is 31.9 Å². The number of nitrogens with zero attached hydrogens (tertiary/aromatic N) is 4. The van der Waals surface area contributed by atoms with Crippen molar-refractivity contribution in [1.82, 2.24) is 40.4 Å². The lowest BCUT2D eigenvalue weighted by molar-refractivity contribution is -0.136. The van der Waals surface area contributed by atoms with E-state index in [-0.39, 0.29) is 48.2 Å². The van der Waals surface area contributed by atoms with Crippen molar-refractivity contribution in [3.63, 3.8) is 0 Å². The fourth-order valence-corrected chi connectivity index (χ4v) is 11.0. The molecule has 0 spiro atoms. The number of carbonyl (C=O) groups is 3. The number of fused-ring (bicyclic) bond motifs is 1. The van der Waals surface area contributed by atoms with Gasteiger partial charge in [0.15, 0.2) is 0 Å². The van der Waals surface area contributed by atoms with Gasteiger partial charge in [0.2, 0.25) is 5.91 Å². The van der Waals surface area contributed by atoms with Crippen molar-refractivity contribution in [3.05, 3.63) is 84.7 Å². The number of hydrogen-bond donors (Lipinski definition) is 4. The van der Waals surface area contributed by atoms with Crippen molar-refractivity contribution in [3.8, 4) is 33.6 Å². The molecule has 3 aromatic carbocycles. The number of aromatic amines is 2. The van der Waals surface area contributed by atoms with Gasteiger partial charge in [0.05, 0.1) is 56.1 Å². The Morgan fingerprint density at radius 3 is 1.98 bits per heavy atom. The summed E-state index contributed by atoms with van der Waals surface area (Å²) in [5.74, 6) is 2.04. The van der Waals surface area contributed by atoms with Crippen LogP contribution in [-0.2, 0) is 23.7 Å². The second-order valence-corrected chi connectivity index (χ2v) is 18.4. The standard InChI is InChI=1S/C50H60N8O7/c1-62-49(60)55-42(33-20-24-64-25-21-33)44-48(65-44)58-23-7-11-41(58)46-51-28-38(53-46)31-14-12-30(13-15-31)34-16-17-36-27-37(19-18-35(36)26-34)39-29-52-45(54-39)40-10-6-22-57(40)47(59)43(56-50(61)63-2)32-8-4-3-5-9-32/h12-19,26-29,32-33,40-44,48H,3-11,20-25H2,1-2H3,(H,51,53)(H,52,54)(H,55,60)(H,56,61)/t40-,41-,42-,43-,44?,48?/m0/s1. The van der Waals surface area contributed by atoms with Gasteiger partial charge in [-0.2, -0.15) is 0 Å². The van der Waals surface area contributed by atoms with E-state index >= 15 is 0 Å². The van der Waals surface area contributed by atoms with Crippen molar-refractivity contribution >= 4 is 28.9 Å². The number of imidazole rings is 2. The molecule has 4 N–H and O–H groups in total. The van der Waals surface area contributed by atoms with Crippen LogP contribution in [0.5, 0.6) is 0 Å². The zero-order valence-electron chi connectivity index (χ0n) is 37.3. The number of likely N-dealkylation sites (tertiary alicyclic amines) is 2. The number of methoxy groups -OCH3 is 2. The molecule has 5 aliphatic rings. The molecule has 15 heteroatoms. The highest BCUT2D eigenvalue weighted by Crippen LogP contribution is 2.43. The minimum absolute atomic E-state index is 0.0488. The molecule has 5 fully saturated rings. The summed E-state index contributed by atoms with van der Waals surface area (Å²) in [4.78, 5) is 59.8. The van der Waals surface area contributed by atoms with Crippen LogP contribution >= 0.6 is 0 Å². The number of H-pyrrole nitrogens is 2. The minimum Gasteiger partial charge on any atom is -0.453 e. The van der Waals surface area contributed by atoms with Crippen LogP contribution in [0, 0.1) is 11.8 Å². The lowest BCUT2D eigenvalue weighted by Gasteiger charge is -2.34. The number of nitrogens with one attached hydrogen (secondary N) is 4. The molecule has 5 aromatic rings. The maximum absolute atomic E-state index is 14.1. The van der Waals surface area contributed by atoms with Crippen LogP contribution in [0.15, 0.2) is 73.1 Å². The fourth-order valence-electron chi connectivity index (χ4n) is 11.0. The zero-order chi connectivity index (χ0) is 44.4. The molecule has 1 aliphatic carbocycles. The smallest absolute Gasteiger partial charge is 0.407 e. The summed E-state index contributed by atoms with van der Waals surface area (Å²) in [6.07, 6.45) is 13.2. The van der Waals surface area contributed by atoms with Crippen LogP contribution in [0.1, 0.15) is 94.4 Å². The van der Waals surface area contributed by atoms with Crippen molar-refractivity contribution in [2.45, 2.75) is 107 Å². The zero-order valence-corrected chi connectivity index (χ0v) is 37.3. The normalized spacial score (nSPS) is 23.9. The largest absolute Gasteiger partial charge is 0.453 e. The number of hydrogen-bond acceptors (Lipinski definition) is 10. The van der Waals surface area contributed by atoms with Crippen molar-refractivity contribution < 1.29 is 33.3 Å². The van der Waals surface area contributed by atoms with Gasteiger partial charge >= 0.3 is 12.2 Å². The Bertz CT molecular complexity index is 2480. The highest BCUT2D eigenvalue weighted by Gasteiger charge is 2.54. The molecule has 65 heavy (non-hydrogen) atoms. The number of epoxide rings is 1. The predicted octanol–water partition coefficient (Wildman–Crippen LogP) is 8.27. The maximum atomic E-state index is 14.1. The van der Waals surface area contributed by atoms with E-state index in [1.165, 1.54) is 14.2 Å². The quantitative estimate of drug-likeness (QED) is 0.0892. The first-order chi connectivity index (χ1) is 31.8. The number of alkyl carbamates (subject to hydrolysis) is 2. The van der Waals surface area contributed by atoms with Crippen LogP contribution < -0.4 is 10.6 Å². The van der Waals surface area contributed by atoms with E-state index in [0.29, 0.717) is 19.8 Å². The Hall–Kier alpha value is -5.77. The number of ether oxygens (including phenoxy) is 4. The third kappa shape index (κ3) is 9.10. The maximum Gasteiger partial charge on any atom is 0.407 e. The molecule has 6 atom stereocenters. The number of aromatic nitrogens is 4. The summed E-state index contributed by atoms with van der Waals surface area (Å²) in [6.45, 7) is 2.93. The summed E-state index contributed by atoms with van der Waals surface area (Å²) < 4.78 is 21.8. The second kappa shape index (κ2) is 19.0. The Labute approximate surface area is 379 Å². The van der Waals surface area contributed by atoms with Crippen molar-refractivity contribution in [1.29, 1.82) is 0 Å². The Morgan fingerprint density at radius 1 is 0.662 bits per heavy atom. The Morgan fingerprint density at radius 2 is 1.26 bits per heavy atom. The summed E-state index contributed by atoms with van der Waals surface area (Å²) in [6, 6.07) is 20.8. The van der Waals surface area contributed by atoms with E-state index in [1.54, 1.807) is 0 Å². The van der Waals surface area contributed by atoms with E-state index in [0.717, 1.165) is 133 Å². The molecule has 2 aromatic heterocycles. The van der Waals surface area contributed by atoms with Gasteiger partial charge in [-0.3, -0.25) is 9.69 Å². The van der Waals surface area contributed by atoms with Crippen LogP contribution in [0.25, 0.3) is 44.4 Å². The Balaban J connectivity index is 0.789. The van der Waals surface area contributed by atoms with Gasteiger partial charge in [0.25, 0.3) is 0 Å². The first-order valence-corrected chi connectivity index (χ1v) is 23.6. The fraction of sp³-hybridized carbons (Fsp3) is 0.500. The summed E-state index contributed by atoms with van der Waals surface area (Å²) in [7, 11) is 2.74. The SMILES string of the molecule is COC(=O)N[C@@H](C1CCOCC1)C1OC1N1CCC[C@H]1c1ncc(-c2ccc(-c3ccc4cc(-c5cnc([C@@H]6CCCN6C(=O)[C@@H](NC(=O)OC)C6CCCCC6)[nH]5)ccc4c3)cc2)[nH]1. The molecule has 4 saturated heterocycles. The lowest BCUT2D eigenvalue weighted by atomic mass is 9.83. The number of carbonyl (C=O) groups excluding carboxylic acids is 3. The molecule has 0 bridgehead atoms. The average molecular weight is 885 g/mol. The molecule has 1 saturated carbocycles. The topological polar surface area (TPSA) is 179 Å². The predicted molar refractivity (Wildman–Crippen MR) is 244 cm³/mol. The van der Waals surface area contributed by atoms with Crippen LogP contribution in [0.3, 0.4) is 0 Å². The average Bonchev–Trinajstić information content (AvgIpc) is 3.93. The third-order valence-electron chi connectivity index (χ3n) is 14.6. The minimum atomic E-state index is -0.598. The molecule has 4 aliphatic heterocycles. The lowest BCUT2D eigenvalue weighted by Crippen LogP contribution is -2.52. The molecule has 15 nitrogen and oxygen atoms in total. The molecule has 342 valence electrons. The highest BCUT2D eigenvalue weighted by molar-refractivity contribution is 5.91. The number of amides is 3. The molecule has 10 rings (SSSR count). The molecule has 2 unspecified atom stereocenters. The first kappa shape index (κ1) is 43.1. The molecule has 0 radical (unpaired) electrons. The molecular weight excluding hydrogens is 825 g/mol. The van der Waals surface area contributed by atoms with Gasteiger partial charge in [-0.15, -0.1) is 0 Å². The summed E-state index contributed by atoms with van der Waals surface area (Å²) in [5, 5.41) is 8.21. The Kier molecular flexibility index (Phi) is 12.6. The van der Waals surface area contributed by atoms with Gasteiger partial charge in [-0.1, -0.05) is 67.8 Å². The van der Waals surface area contributed by atoms with Crippen molar-refractivity contribution in [2.24, 2.45) is 11.8 Å². The van der Waals surface area contributed by atoms with Crippen LogP contribution in [0.4, 0.5) is 9.59 Å². The van der Waals surface area contributed by atoms with Gasteiger partial charge in [0.1, 0.15) is 30.0 Å². The number of benzene rings is 3. The molecule has 6 heterocycles. The van der Waals surface area contributed by atoms with Crippen molar-refractivity contribution in [2.75, 3.05) is 40.5 Å². The van der Waals surface area contributed by atoms with E-state index in [9.17, 15) is 14.4 Å². The van der Waals surface area contributed by atoms with E-state index < -0.39 is 18.2 Å². The van der Waals surface area contributed by atoms with Crippen LogP contribution in [-0.4, -0.2) is 113 Å². The molecular formula is C50H60N8O7. The number of rotatable bonds is 12. The van der Waals surface area contributed by atoms with Gasteiger partial charge in [-0.05, 0) is 103 Å². The van der Waals surface area contributed by atoms with Gasteiger partial charge in [-0.25, -0.2) is 19.6 Å². The van der Waals surface area contributed by atoms with E-state index in [4.69, 9.17) is 28.9 Å². The highest BCUT2D eigenvalue weighted by atomic mass is 16.6. The van der Waals surface area contributed by atoms with Gasteiger partial charge < -0.3 is 44.4 Å². The monoisotopic (exact) mass is 884 g/mol. The van der Waals surface area contributed by atoms with Crippen LogP contribution in [0.2, 0.25) is 0 Å². The summed E-state index contributed by atoms with van der Waals surface area (Å²) in [5.41, 5.74) is 6.22. The van der Waals surface area contributed by atoms with E-state index in [2.05, 4.69) is 86.2 Å². The third-order valence-corrected chi connectivity index (χ3v) is 14.6. The summed E-state index contributed by atoms with van der Waals surface area (Å²) >= 11 is 0. The second-order valence-electron chi connectivity index (χ2n) is 18.4.